The molecule has 12 heteroatoms. The van der Waals surface area contributed by atoms with Gasteiger partial charge in [-0.15, -0.1) is 0 Å². The normalized spacial score (nSPS) is 12.0. The Kier molecular flexibility index (Phi) is 5.77. The fourth-order valence-corrected chi connectivity index (χ4v) is 2.82. The van der Waals surface area contributed by atoms with Crippen LogP contribution in [0.5, 0.6) is 5.88 Å². The summed E-state index contributed by atoms with van der Waals surface area (Å²) in [4.78, 5) is 13.3. The summed E-state index contributed by atoms with van der Waals surface area (Å²) in [6, 6.07) is 6.81. The molecule has 0 spiro atoms. The molecule has 8 nitrogen and oxygen atoms in total. The quantitative estimate of drug-likeness (QED) is 0.573. The van der Waals surface area contributed by atoms with Crippen molar-refractivity contribution in [1.29, 1.82) is 0 Å². The molecule has 0 atom stereocenters. The van der Waals surface area contributed by atoms with Crippen molar-refractivity contribution in [2.75, 3.05) is 6.61 Å². The Morgan fingerprint density at radius 2 is 1.85 bits per heavy atom. The van der Waals surface area contributed by atoms with Crippen molar-refractivity contribution in [3.05, 3.63) is 58.3 Å². The number of rotatable bonds is 7. The second-order valence-electron chi connectivity index (χ2n) is 4.98. The van der Waals surface area contributed by atoms with Gasteiger partial charge in [-0.05, 0) is 23.8 Å². The number of benzene rings is 1. The van der Waals surface area contributed by atoms with Crippen molar-refractivity contribution in [1.82, 2.24) is 9.71 Å². The van der Waals surface area contributed by atoms with Crippen LogP contribution in [0.3, 0.4) is 0 Å². The summed E-state index contributed by atoms with van der Waals surface area (Å²) in [7, 11) is -3.96. The van der Waals surface area contributed by atoms with Gasteiger partial charge in [0.1, 0.15) is 0 Å². The summed E-state index contributed by atoms with van der Waals surface area (Å²) < 4.78 is 67.4. The van der Waals surface area contributed by atoms with E-state index in [0.29, 0.717) is 5.56 Å². The first kappa shape index (κ1) is 19.6. The predicted molar refractivity (Wildman–Crippen MR) is 82.9 cm³/mol. The highest BCUT2D eigenvalue weighted by Gasteiger charge is 2.28. The zero-order chi connectivity index (χ0) is 19.4. The fraction of sp³-hybridized carbons (Fsp3) is 0.214. The second kappa shape index (κ2) is 7.66. The first-order valence-electron chi connectivity index (χ1n) is 6.95. The van der Waals surface area contributed by atoms with Gasteiger partial charge in [-0.25, -0.2) is 18.1 Å². The Bertz CT molecular complexity index is 885. The average Bonchev–Trinajstić information content (AvgIpc) is 2.58. The highest BCUT2D eigenvalue weighted by Crippen LogP contribution is 2.18. The number of aromatic nitrogens is 1. The van der Waals surface area contributed by atoms with Crippen molar-refractivity contribution in [2.24, 2.45) is 0 Å². The molecule has 0 unspecified atom stereocenters. The number of hydrogen-bond acceptors (Lipinski definition) is 6. The van der Waals surface area contributed by atoms with Crippen LogP contribution in [0.1, 0.15) is 5.56 Å². The maximum Gasteiger partial charge on any atom is 0.422 e. The van der Waals surface area contributed by atoms with Crippen LogP contribution < -0.4 is 9.46 Å². The van der Waals surface area contributed by atoms with E-state index in [-0.39, 0.29) is 23.0 Å². The minimum atomic E-state index is -4.52. The van der Waals surface area contributed by atoms with Gasteiger partial charge in [0.2, 0.25) is 15.9 Å². The van der Waals surface area contributed by atoms with E-state index in [4.69, 9.17) is 0 Å². The number of non-ortho nitro benzene ring substituents is 1. The van der Waals surface area contributed by atoms with Crippen LogP contribution >= 0.6 is 0 Å². The van der Waals surface area contributed by atoms with Crippen LogP contribution in [0.15, 0.2) is 47.5 Å². The smallest absolute Gasteiger partial charge is 0.422 e. The SMILES string of the molecule is O=[N+]([O-])c1ccc(S(=O)(=O)NCc2ccnc(OCC(F)(F)F)c2)cc1. The molecule has 0 saturated carbocycles. The molecule has 1 heterocycles. The number of hydrogen-bond donors (Lipinski definition) is 1. The van der Waals surface area contributed by atoms with Crippen molar-refractivity contribution in [3.8, 4) is 5.88 Å². The highest BCUT2D eigenvalue weighted by atomic mass is 32.2. The highest BCUT2D eigenvalue weighted by molar-refractivity contribution is 7.89. The molecule has 1 aromatic carbocycles. The van der Waals surface area contributed by atoms with Crippen molar-refractivity contribution < 1.29 is 31.2 Å². The maximum absolute atomic E-state index is 12.2. The van der Waals surface area contributed by atoms with Gasteiger partial charge in [0.15, 0.2) is 6.61 Å². The third-order valence-corrected chi connectivity index (χ3v) is 4.42. The predicted octanol–water partition coefficient (Wildman–Crippen LogP) is 2.41. The Balaban J connectivity index is 2.04. The van der Waals surface area contributed by atoms with Crippen LogP contribution in [0, 0.1) is 10.1 Å². The van der Waals surface area contributed by atoms with Crippen LogP contribution in [0.25, 0.3) is 0 Å². The molecule has 2 rings (SSSR count). The standard InChI is InChI=1S/C14H12F3N3O5S/c15-14(16,17)9-25-13-7-10(5-6-18-13)8-19-26(23,24)12-3-1-11(2-4-12)20(21)22/h1-7,19H,8-9H2. The molecule has 140 valence electrons. The summed E-state index contributed by atoms with van der Waals surface area (Å²) in [5.41, 5.74) is 0.0622. The lowest BCUT2D eigenvalue weighted by Crippen LogP contribution is -2.23. The van der Waals surface area contributed by atoms with E-state index in [1.807, 2.05) is 0 Å². The molecule has 0 aliphatic carbocycles. The van der Waals surface area contributed by atoms with Crippen LogP contribution in [-0.4, -0.2) is 31.1 Å². The van der Waals surface area contributed by atoms with Gasteiger partial charge in [-0.3, -0.25) is 10.1 Å². The fourth-order valence-electron chi connectivity index (χ4n) is 1.80. The van der Waals surface area contributed by atoms with Crippen molar-refractivity contribution in [2.45, 2.75) is 17.6 Å². The Hall–Kier alpha value is -2.73. The minimum absolute atomic E-state index is 0.189. The number of nitro groups is 1. The molecule has 0 radical (unpaired) electrons. The number of nitrogens with zero attached hydrogens (tertiary/aromatic N) is 2. The Morgan fingerprint density at radius 3 is 2.42 bits per heavy atom. The van der Waals surface area contributed by atoms with Gasteiger partial charge in [0.05, 0.1) is 9.82 Å². The molecule has 0 saturated heterocycles. The lowest BCUT2D eigenvalue weighted by Gasteiger charge is -2.10. The van der Waals surface area contributed by atoms with Crippen molar-refractivity contribution >= 4 is 15.7 Å². The monoisotopic (exact) mass is 391 g/mol. The summed E-state index contributed by atoms with van der Waals surface area (Å²) in [5.74, 6) is -0.297. The van der Waals surface area contributed by atoms with E-state index in [9.17, 15) is 31.7 Å². The van der Waals surface area contributed by atoms with Crippen LogP contribution in [-0.2, 0) is 16.6 Å². The van der Waals surface area contributed by atoms with Gasteiger partial charge >= 0.3 is 6.18 Å². The maximum atomic E-state index is 12.2. The summed E-state index contributed by atoms with van der Waals surface area (Å²) in [6.07, 6.45) is -3.34. The van der Waals surface area contributed by atoms with Gasteiger partial charge in [-0.1, -0.05) is 0 Å². The summed E-state index contributed by atoms with van der Waals surface area (Å²) >= 11 is 0. The number of sulfonamides is 1. The number of alkyl halides is 3. The minimum Gasteiger partial charge on any atom is -0.468 e. The molecule has 0 bridgehead atoms. The van der Waals surface area contributed by atoms with E-state index in [1.165, 1.54) is 18.3 Å². The summed E-state index contributed by atoms with van der Waals surface area (Å²) in [5, 5.41) is 10.6. The zero-order valence-corrected chi connectivity index (χ0v) is 13.7. The zero-order valence-electron chi connectivity index (χ0n) is 12.9. The average molecular weight is 391 g/mol. The molecule has 0 fully saturated rings. The largest absolute Gasteiger partial charge is 0.468 e. The Morgan fingerprint density at radius 1 is 1.19 bits per heavy atom. The van der Waals surface area contributed by atoms with Crippen LogP contribution in [0.2, 0.25) is 0 Å². The molecule has 0 aliphatic rings. The molecular formula is C14H12F3N3O5S. The van der Waals surface area contributed by atoms with E-state index >= 15 is 0 Å². The van der Waals surface area contributed by atoms with Gasteiger partial charge in [-0.2, -0.15) is 13.2 Å². The van der Waals surface area contributed by atoms with E-state index in [2.05, 4.69) is 14.4 Å². The topological polar surface area (TPSA) is 111 Å². The lowest BCUT2D eigenvalue weighted by molar-refractivity contribution is -0.384. The van der Waals surface area contributed by atoms with E-state index in [1.54, 1.807) is 0 Å². The second-order valence-corrected chi connectivity index (χ2v) is 6.75. The number of pyridine rings is 1. The lowest BCUT2D eigenvalue weighted by atomic mass is 10.3. The van der Waals surface area contributed by atoms with Gasteiger partial charge in [0.25, 0.3) is 5.69 Å². The molecule has 1 aromatic heterocycles. The number of nitro benzene ring substituents is 1. The van der Waals surface area contributed by atoms with Gasteiger partial charge < -0.3 is 4.74 Å². The molecule has 0 aliphatic heterocycles. The third kappa shape index (κ3) is 5.67. The van der Waals surface area contributed by atoms with E-state index < -0.39 is 27.7 Å². The third-order valence-electron chi connectivity index (χ3n) is 3.01. The molecule has 0 amide bonds. The number of nitrogens with one attached hydrogen (secondary N) is 1. The van der Waals surface area contributed by atoms with Gasteiger partial charge in [0, 0.05) is 30.9 Å². The summed E-state index contributed by atoms with van der Waals surface area (Å²) in [6.45, 7) is -1.75. The Labute approximate surface area is 145 Å². The van der Waals surface area contributed by atoms with E-state index in [0.717, 1.165) is 24.3 Å². The first-order valence-corrected chi connectivity index (χ1v) is 8.44. The number of ether oxygens (including phenoxy) is 1. The molecular weight excluding hydrogens is 379 g/mol. The van der Waals surface area contributed by atoms with Crippen LogP contribution in [0.4, 0.5) is 18.9 Å². The molecule has 1 N–H and O–H groups in total. The molecule has 2 aromatic rings. The molecule has 26 heavy (non-hydrogen) atoms. The van der Waals surface area contributed by atoms with Crippen molar-refractivity contribution in [3.63, 3.8) is 0 Å². The number of halogens is 3. The first-order chi connectivity index (χ1) is 12.1.